The summed E-state index contributed by atoms with van der Waals surface area (Å²) in [5.74, 6) is -1.76. The third-order valence-electron chi connectivity index (χ3n) is 7.52. The number of hydrogen-bond donors (Lipinski definition) is 1. The van der Waals surface area contributed by atoms with Crippen LogP contribution in [0.5, 0.6) is 0 Å². The quantitative estimate of drug-likeness (QED) is 0.509. The second kappa shape index (κ2) is 11.8. The van der Waals surface area contributed by atoms with Gasteiger partial charge in [-0.15, -0.1) is 0 Å². The number of ether oxygens (including phenoxy) is 1. The molecule has 3 heterocycles. The number of hydrogen-bond acceptors (Lipinski definition) is 6. The largest absolute Gasteiger partial charge is 0.416 e. The Morgan fingerprint density at radius 3 is 2.54 bits per heavy atom. The molecule has 10 nitrogen and oxygen atoms in total. The van der Waals surface area contributed by atoms with Crippen LogP contribution in [0.1, 0.15) is 42.9 Å². The molecule has 1 unspecified atom stereocenters. The summed E-state index contributed by atoms with van der Waals surface area (Å²) in [5.41, 5.74) is -0.611. The normalized spacial score (nSPS) is 24.1. The van der Waals surface area contributed by atoms with Crippen molar-refractivity contribution >= 4 is 22.0 Å². The van der Waals surface area contributed by atoms with Crippen LogP contribution in [0.4, 0.5) is 13.2 Å². The van der Waals surface area contributed by atoms with Crippen molar-refractivity contribution in [2.75, 3.05) is 46.4 Å². The maximum atomic E-state index is 13.5. The molecule has 0 radical (unpaired) electrons. The molecule has 0 aromatic heterocycles. The third kappa shape index (κ3) is 6.37. The molecule has 0 spiro atoms. The van der Waals surface area contributed by atoms with E-state index in [-0.39, 0.29) is 50.2 Å². The van der Waals surface area contributed by atoms with Gasteiger partial charge in [0.05, 0.1) is 36.1 Å². The number of methoxy groups -OCH3 is 1. The Kier molecular flexibility index (Phi) is 8.85. The second-order valence-electron chi connectivity index (χ2n) is 10.2. The van der Waals surface area contributed by atoms with Gasteiger partial charge in [-0.3, -0.25) is 9.59 Å². The zero-order valence-electron chi connectivity index (χ0n) is 21.6. The van der Waals surface area contributed by atoms with Gasteiger partial charge in [-0.25, -0.2) is 0 Å². The van der Waals surface area contributed by atoms with Crippen molar-refractivity contribution in [2.45, 2.75) is 43.9 Å². The molecule has 14 heteroatoms. The molecule has 0 bridgehead atoms. The maximum absolute atomic E-state index is 13.5. The molecule has 0 aliphatic carbocycles. The lowest BCUT2D eigenvalue weighted by atomic mass is 9.97. The second-order valence-corrected chi connectivity index (χ2v) is 12.1. The Morgan fingerprint density at radius 2 is 1.87 bits per heavy atom. The summed E-state index contributed by atoms with van der Waals surface area (Å²) in [6.07, 6.45) is -2.62. The fourth-order valence-electron chi connectivity index (χ4n) is 5.35. The van der Waals surface area contributed by atoms with Gasteiger partial charge in [-0.1, -0.05) is 12.1 Å². The number of carbonyl (C=O) groups excluding carboxylic acids is 2. The Labute approximate surface area is 225 Å². The summed E-state index contributed by atoms with van der Waals surface area (Å²) < 4.78 is 73.3. The molecule has 0 saturated carbocycles. The number of piperidine rings is 1. The highest BCUT2D eigenvalue weighted by atomic mass is 32.2. The number of nitriles is 1. The Hall–Kier alpha value is -2.73. The predicted octanol–water partition coefficient (Wildman–Crippen LogP) is 1.91. The number of nitrogens with zero attached hydrogens (tertiary/aromatic N) is 4. The zero-order chi connectivity index (χ0) is 28.4. The highest BCUT2D eigenvalue weighted by molar-refractivity contribution is 7.86. The van der Waals surface area contributed by atoms with Gasteiger partial charge in [0.1, 0.15) is 6.04 Å². The van der Waals surface area contributed by atoms with E-state index >= 15 is 0 Å². The van der Waals surface area contributed by atoms with E-state index in [1.165, 1.54) is 32.8 Å². The molecule has 3 fully saturated rings. The average Bonchev–Trinajstić information content (AvgIpc) is 3.37. The van der Waals surface area contributed by atoms with E-state index in [1.54, 1.807) is 0 Å². The number of rotatable bonds is 8. The van der Waals surface area contributed by atoms with Gasteiger partial charge in [0, 0.05) is 39.8 Å². The molecular weight excluding hydrogens is 539 g/mol. The lowest BCUT2D eigenvalue weighted by Gasteiger charge is -2.41. The standard InChI is InChI=1S/C25H32F3N5O5S/c1-38-16-21(18-5-2-7-20(11-18)25(26,27)28)30-23(34)22-8-4-10-33(22)24(35)19-6-3-9-31(15-19)39(36,37)32-13-17(12-29)14-32/h2,5,7,11,17,19,21-22H,3-4,6,8-10,13-16H2,1H3,(H,30,34)/t19-,21?,22+/m0/s1. The Bertz CT molecular complexity index is 1220. The van der Waals surface area contributed by atoms with Crippen LogP contribution in [0.2, 0.25) is 0 Å². The summed E-state index contributed by atoms with van der Waals surface area (Å²) in [6, 6.07) is 5.03. The van der Waals surface area contributed by atoms with E-state index in [1.807, 2.05) is 6.07 Å². The van der Waals surface area contributed by atoms with Gasteiger partial charge in [0.2, 0.25) is 11.8 Å². The van der Waals surface area contributed by atoms with Crippen molar-refractivity contribution in [1.82, 2.24) is 18.8 Å². The molecule has 1 aromatic carbocycles. The lowest BCUT2D eigenvalue weighted by molar-refractivity contribution is -0.143. The van der Waals surface area contributed by atoms with Gasteiger partial charge < -0.3 is 15.0 Å². The highest BCUT2D eigenvalue weighted by Gasteiger charge is 2.44. The number of benzene rings is 1. The first kappa shape index (κ1) is 29.3. The molecule has 3 aliphatic heterocycles. The van der Waals surface area contributed by atoms with Crippen molar-refractivity contribution < 1.29 is 35.9 Å². The van der Waals surface area contributed by atoms with Crippen molar-refractivity contribution in [3.8, 4) is 6.07 Å². The fourth-order valence-corrected chi connectivity index (χ4v) is 7.14. The first-order valence-electron chi connectivity index (χ1n) is 12.9. The van der Waals surface area contributed by atoms with E-state index in [0.717, 1.165) is 12.1 Å². The van der Waals surface area contributed by atoms with Crippen LogP contribution in [0.3, 0.4) is 0 Å². The van der Waals surface area contributed by atoms with Crippen molar-refractivity contribution in [1.29, 1.82) is 5.26 Å². The number of likely N-dealkylation sites (tertiary alicyclic amines) is 1. The molecule has 214 valence electrons. The fraction of sp³-hybridized carbons (Fsp3) is 0.640. The average molecular weight is 572 g/mol. The topological polar surface area (TPSA) is 123 Å². The van der Waals surface area contributed by atoms with E-state index in [4.69, 9.17) is 10.00 Å². The smallest absolute Gasteiger partial charge is 0.382 e. The van der Waals surface area contributed by atoms with Crippen molar-refractivity contribution in [3.63, 3.8) is 0 Å². The molecule has 2 amide bonds. The summed E-state index contributed by atoms with van der Waals surface area (Å²) in [6.45, 7) is 0.810. The molecule has 39 heavy (non-hydrogen) atoms. The van der Waals surface area contributed by atoms with Crippen LogP contribution in [-0.2, 0) is 30.7 Å². The minimum absolute atomic E-state index is 0.00371. The first-order chi connectivity index (χ1) is 18.5. The SMILES string of the molecule is COCC(NC(=O)[C@H]1CCCN1C(=O)[C@H]1CCCN(S(=O)(=O)N2CC(C#N)C2)C1)c1cccc(C(F)(F)F)c1. The van der Waals surface area contributed by atoms with Gasteiger partial charge in [0.25, 0.3) is 10.2 Å². The van der Waals surface area contributed by atoms with Crippen LogP contribution < -0.4 is 5.32 Å². The summed E-state index contributed by atoms with van der Waals surface area (Å²) >= 11 is 0. The monoisotopic (exact) mass is 571 g/mol. The minimum Gasteiger partial charge on any atom is -0.382 e. The first-order valence-corrected chi connectivity index (χ1v) is 14.3. The van der Waals surface area contributed by atoms with E-state index < -0.39 is 45.9 Å². The molecule has 4 rings (SSSR count). The Balaban J connectivity index is 1.43. The molecule has 3 aliphatic rings. The summed E-state index contributed by atoms with van der Waals surface area (Å²) in [5, 5.41) is 11.7. The lowest BCUT2D eigenvalue weighted by Crippen LogP contribution is -2.57. The zero-order valence-corrected chi connectivity index (χ0v) is 22.4. The number of nitrogens with one attached hydrogen (secondary N) is 1. The predicted molar refractivity (Wildman–Crippen MR) is 133 cm³/mol. The number of amides is 2. The van der Waals surface area contributed by atoms with Gasteiger partial charge in [-0.05, 0) is 43.4 Å². The Morgan fingerprint density at radius 1 is 1.15 bits per heavy atom. The van der Waals surface area contributed by atoms with Crippen LogP contribution in [0, 0.1) is 23.2 Å². The third-order valence-corrected chi connectivity index (χ3v) is 9.46. The van der Waals surface area contributed by atoms with Crippen molar-refractivity contribution in [2.24, 2.45) is 11.8 Å². The molecule has 1 aromatic rings. The highest BCUT2D eigenvalue weighted by Crippen LogP contribution is 2.32. The van der Waals surface area contributed by atoms with Crippen LogP contribution in [0.15, 0.2) is 24.3 Å². The minimum atomic E-state index is -4.54. The van der Waals surface area contributed by atoms with E-state index in [2.05, 4.69) is 5.32 Å². The molecule has 1 N–H and O–H groups in total. The molecule has 3 atom stereocenters. The summed E-state index contributed by atoms with van der Waals surface area (Å²) in [7, 11) is -2.41. The van der Waals surface area contributed by atoms with Gasteiger partial charge in [0.15, 0.2) is 0 Å². The van der Waals surface area contributed by atoms with Gasteiger partial charge in [-0.2, -0.15) is 35.5 Å². The van der Waals surface area contributed by atoms with Crippen molar-refractivity contribution in [3.05, 3.63) is 35.4 Å². The van der Waals surface area contributed by atoms with E-state index in [0.29, 0.717) is 32.2 Å². The number of halogens is 3. The van der Waals surface area contributed by atoms with E-state index in [9.17, 15) is 31.2 Å². The van der Waals surface area contributed by atoms with Crippen LogP contribution >= 0.6 is 0 Å². The van der Waals surface area contributed by atoms with Gasteiger partial charge >= 0.3 is 6.18 Å². The van der Waals surface area contributed by atoms with Crippen LogP contribution in [0.25, 0.3) is 0 Å². The number of carbonyl (C=O) groups is 2. The van der Waals surface area contributed by atoms with Crippen LogP contribution in [-0.4, -0.2) is 86.2 Å². The molecular formula is C25H32F3N5O5S. The maximum Gasteiger partial charge on any atom is 0.416 e. The number of alkyl halides is 3. The molecule has 3 saturated heterocycles. The summed E-state index contributed by atoms with van der Waals surface area (Å²) in [4.78, 5) is 28.2.